The summed E-state index contributed by atoms with van der Waals surface area (Å²) in [7, 11) is 0. The predicted octanol–water partition coefficient (Wildman–Crippen LogP) is 5.65. The molecule has 26 heavy (non-hydrogen) atoms. The summed E-state index contributed by atoms with van der Waals surface area (Å²) in [6.45, 7) is 2.17. The zero-order chi connectivity index (χ0) is 18.1. The Bertz CT molecular complexity index is 908. The van der Waals surface area contributed by atoms with Crippen LogP contribution in [0.4, 0.5) is 5.69 Å². The average Bonchev–Trinajstić information content (AvgIpc) is 3.25. The Balaban J connectivity index is 1.79. The molecule has 0 radical (unpaired) electrons. The third-order valence-electron chi connectivity index (χ3n) is 4.61. The maximum Gasteiger partial charge on any atom is 0.174 e. The van der Waals surface area contributed by atoms with E-state index in [-0.39, 0.29) is 12.1 Å². The zero-order valence-corrected chi connectivity index (χ0v) is 17.4. The molecule has 0 saturated carbocycles. The van der Waals surface area contributed by atoms with E-state index in [0.717, 1.165) is 26.7 Å². The average molecular weight is 444 g/mol. The lowest BCUT2D eigenvalue weighted by molar-refractivity contribution is 0.575. The first kappa shape index (κ1) is 17.6. The standard InChI is InChI=1S/C20H18BrN3S2/c1-2-13-6-8-14(9-7-13)24-19(16-10-11-17(21)26-16)18(23-20(24)25)15-5-3-4-12-22-15/h3-12,18-19H,2H2,1H3,(H,23,25). The summed E-state index contributed by atoms with van der Waals surface area (Å²) in [6.07, 6.45) is 2.86. The topological polar surface area (TPSA) is 28.2 Å². The molecular weight excluding hydrogens is 426 g/mol. The van der Waals surface area contributed by atoms with Crippen molar-refractivity contribution in [1.82, 2.24) is 10.3 Å². The van der Waals surface area contributed by atoms with Crippen LogP contribution in [0, 0.1) is 0 Å². The number of pyridine rings is 1. The van der Waals surface area contributed by atoms with Gasteiger partial charge in [-0.05, 0) is 76.5 Å². The van der Waals surface area contributed by atoms with Gasteiger partial charge in [-0.15, -0.1) is 11.3 Å². The molecule has 2 atom stereocenters. The second-order valence-corrected chi connectivity index (χ2v) is 9.04. The van der Waals surface area contributed by atoms with Crippen molar-refractivity contribution in [2.75, 3.05) is 4.90 Å². The van der Waals surface area contributed by atoms with Crippen molar-refractivity contribution in [3.63, 3.8) is 0 Å². The normalized spacial score (nSPS) is 19.6. The van der Waals surface area contributed by atoms with E-state index in [9.17, 15) is 0 Å². The highest BCUT2D eigenvalue weighted by atomic mass is 79.9. The van der Waals surface area contributed by atoms with Crippen LogP contribution >= 0.6 is 39.5 Å². The first-order valence-electron chi connectivity index (χ1n) is 8.52. The van der Waals surface area contributed by atoms with Crippen molar-refractivity contribution in [2.24, 2.45) is 0 Å². The highest BCUT2D eigenvalue weighted by Crippen LogP contribution is 2.44. The van der Waals surface area contributed by atoms with Gasteiger partial charge in [0.1, 0.15) is 0 Å². The summed E-state index contributed by atoms with van der Waals surface area (Å²) in [5.41, 5.74) is 3.42. The minimum Gasteiger partial charge on any atom is -0.351 e. The monoisotopic (exact) mass is 443 g/mol. The van der Waals surface area contributed by atoms with Crippen LogP contribution in [-0.4, -0.2) is 10.1 Å². The molecule has 3 nitrogen and oxygen atoms in total. The lowest BCUT2D eigenvalue weighted by atomic mass is 10.0. The zero-order valence-electron chi connectivity index (χ0n) is 14.2. The second-order valence-electron chi connectivity index (χ2n) is 6.16. The van der Waals surface area contributed by atoms with Gasteiger partial charge in [-0.1, -0.05) is 25.1 Å². The molecule has 2 unspecified atom stereocenters. The fourth-order valence-corrected chi connectivity index (χ4v) is 5.20. The number of benzene rings is 1. The Kier molecular flexibility index (Phi) is 5.07. The Hall–Kier alpha value is -1.76. The van der Waals surface area contributed by atoms with E-state index in [1.807, 2.05) is 18.3 Å². The smallest absolute Gasteiger partial charge is 0.174 e. The largest absolute Gasteiger partial charge is 0.351 e. The molecule has 2 aromatic heterocycles. The Labute approximate surface area is 171 Å². The summed E-state index contributed by atoms with van der Waals surface area (Å²) >= 11 is 11.1. The summed E-state index contributed by atoms with van der Waals surface area (Å²) in [5, 5.41) is 4.23. The molecule has 6 heteroatoms. The van der Waals surface area contributed by atoms with Crippen molar-refractivity contribution in [3.8, 4) is 0 Å². The van der Waals surface area contributed by atoms with Gasteiger partial charge in [0.05, 0.1) is 21.6 Å². The van der Waals surface area contributed by atoms with Crippen molar-refractivity contribution in [3.05, 3.63) is 80.7 Å². The first-order valence-corrected chi connectivity index (χ1v) is 10.5. The minimum absolute atomic E-state index is 0.0140. The van der Waals surface area contributed by atoms with E-state index >= 15 is 0 Å². The molecule has 1 aromatic carbocycles. The van der Waals surface area contributed by atoms with Crippen molar-refractivity contribution in [1.29, 1.82) is 0 Å². The van der Waals surface area contributed by atoms with Gasteiger partial charge in [0.25, 0.3) is 0 Å². The SMILES string of the molecule is CCc1ccc(N2C(=S)NC(c3ccccn3)C2c2ccc(Br)s2)cc1. The number of hydrogen-bond acceptors (Lipinski definition) is 3. The van der Waals surface area contributed by atoms with E-state index in [4.69, 9.17) is 12.2 Å². The van der Waals surface area contributed by atoms with Crippen molar-refractivity contribution in [2.45, 2.75) is 25.4 Å². The van der Waals surface area contributed by atoms with Crippen LogP contribution in [0.1, 0.15) is 35.1 Å². The van der Waals surface area contributed by atoms with E-state index in [1.54, 1.807) is 11.3 Å². The van der Waals surface area contributed by atoms with Gasteiger partial charge in [0.2, 0.25) is 0 Å². The molecule has 0 bridgehead atoms. The molecule has 1 saturated heterocycles. The lowest BCUT2D eigenvalue weighted by Crippen LogP contribution is -2.29. The van der Waals surface area contributed by atoms with Crippen LogP contribution in [0.25, 0.3) is 0 Å². The fourth-order valence-electron chi connectivity index (χ4n) is 3.30. The van der Waals surface area contributed by atoms with Gasteiger partial charge in [0, 0.05) is 16.8 Å². The van der Waals surface area contributed by atoms with Gasteiger partial charge in [-0.2, -0.15) is 0 Å². The number of aromatic nitrogens is 1. The summed E-state index contributed by atoms with van der Waals surface area (Å²) in [5.74, 6) is 0. The Morgan fingerprint density at radius 1 is 1.15 bits per heavy atom. The molecule has 3 heterocycles. The molecule has 0 aliphatic carbocycles. The van der Waals surface area contributed by atoms with E-state index in [2.05, 4.69) is 80.5 Å². The summed E-state index contributed by atoms with van der Waals surface area (Å²) in [4.78, 5) is 8.04. The number of thiophene rings is 1. The third kappa shape index (κ3) is 3.29. The van der Waals surface area contributed by atoms with Crippen LogP contribution in [0.5, 0.6) is 0 Å². The molecule has 3 aromatic rings. The highest BCUT2D eigenvalue weighted by Gasteiger charge is 2.41. The molecule has 1 fully saturated rings. The van der Waals surface area contributed by atoms with Gasteiger partial charge in [0.15, 0.2) is 5.11 Å². The third-order valence-corrected chi connectivity index (χ3v) is 6.62. The number of hydrogen-bond donors (Lipinski definition) is 1. The van der Waals surface area contributed by atoms with Crippen LogP contribution in [0.2, 0.25) is 0 Å². The van der Waals surface area contributed by atoms with E-state index < -0.39 is 0 Å². The quantitative estimate of drug-likeness (QED) is 0.527. The molecule has 1 aliphatic heterocycles. The predicted molar refractivity (Wildman–Crippen MR) is 116 cm³/mol. The maximum absolute atomic E-state index is 5.72. The molecular formula is C20H18BrN3S2. The summed E-state index contributed by atoms with van der Waals surface area (Å²) in [6, 6.07) is 19.0. The Morgan fingerprint density at radius 2 is 1.96 bits per heavy atom. The van der Waals surface area contributed by atoms with Crippen LogP contribution in [-0.2, 0) is 6.42 Å². The number of nitrogens with one attached hydrogen (secondary N) is 1. The molecule has 1 N–H and O–H groups in total. The maximum atomic E-state index is 5.72. The first-order chi connectivity index (χ1) is 12.7. The Morgan fingerprint density at radius 3 is 2.58 bits per heavy atom. The number of thiocarbonyl (C=S) groups is 1. The van der Waals surface area contributed by atoms with Crippen LogP contribution in [0.15, 0.2) is 64.6 Å². The number of rotatable bonds is 4. The van der Waals surface area contributed by atoms with Gasteiger partial charge < -0.3 is 10.2 Å². The van der Waals surface area contributed by atoms with Crippen LogP contribution in [0.3, 0.4) is 0 Å². The highest BCUT2D eigenvalue weighted by molar-refractivity contribution is 9.11. The van der Waals surface area contributed by atoms with E-state index in [1.165, 1.54) is 10.4 Å². The van der Waals surface area contributed by atoms with Gasteiger partial charge in [-0.3, -0.25) is 4.98 Å². The second kappa shape index (κ2) is 7.47. The molecule has 1 aliphatic rings. The van der Waals surface area contributed by atoms with E-state index in [0.29, 0.717) is 0 Å². The number of nitrogens with zero attached hydrogens (tertiary/aromatic N) is 2. The number of anilines is 1. The molecule has 4 rings (SSSR count). The van der Waals surface area contributed by atoms with Crippen molar-refractivity contribution >= 4 is 50.3 Å². The molecule has 0 spiro atoms. The number of halogens is 1. The molecule has 132 valence electrons. The van der Waals surface area contributed by atoms with Gasteiger partial charge in [-0.25, -0.2) is 0 Å². The van der Waals surface area contributed by atoms with Crippen LogP contribution < -0.4 is 10.2 Å². The number of aryl methyl sites for hydroxylation is 1. The fraction of sp³-hybridized carbons (Fsp3) is 0.200. The molecule has 0 amide bonds. The minimum atomic E-state index is 0.0140. The lowest BCUT2D eigenvalue weighted by Gasteiger charge is -2.27. The summed E-state index contributed by atoms with van der Waals surface area (Å²) < 4.78 is 1.12. The van der Waals surface area contributed by atoms with Gasteiger partial charge >= 0.3 is 0 Å². The van der Waals surface area contributed by atoms with Crippen molar-refractivity contribution < 1.29 is 0 Å².